The largest absolute Gasteiger partial charge is 0.435 e. The van der Waals surface area contributed by atoms with Crippen LogP contribution in [0.4, 0.5) is 10.1 Å². The van der Waals surface area contributed by atoms with Gasteiger partial charge in [-0.25, -0.2) is 9.37 Å². The van der Waals surface area contributed by atoms with E-state index >= 15 is 0 Å². The maximum absolute atomic E-state index is 13.2. The maximum Gasteiger partial charge on any atom is 0.227 e. The third kappa shape index (κ3) is 2.19. The van der Waals surface area contributed by atoms with Gasteiger partial charge in [-0.15, -0.1) is 0 Å². The number of benzene rings is 2. The van der Waals surface area contributed by atoms with Crippen molar-refractivity contribution in [2.45, 2.75) is 0 Å². The second-order valence-electron chi connectivity index (χ2n) is 3.99. The molecule has 96 valence electrons. The number of aromatic nitrogens is 1. The van der Waals surface area contributed by atoms with Crippen molar-refractivity contribution in [2.75, 3.05) is 5.73 Å². The van der Waals surface area contributed by atoms with Gasteiger partial charge in [-0.2, -0.15) is 0 Å². The summed E-state index contributed by atoms with van der Waals surface area (Å²) in [5.41, 5.74) is 7.81. The fourth-order valence-corrected chi connectivity index (χ4v) is 2.25. The summed E-state index contributed by atoms with van der Waals surface area (Å²) >= 11 is 9.22. The molecule has 0 aliphatic rings. The average Bonchev–Trinajstić information content (AvgIpc) is 2.76. The molecule has 2 aromatic carbocycles. The summed E-state index contributed by atoms with van der Waals surface area (Å²) in [6.07, 6.45) is 0. The van der Waals surface area contributed by atoms with E-state index in [0.717, 1.165) is 4.47 Å². The van der Waals surface area contributed by atoms with Gasteiger partial charge >= 0.3 is 0 Å². The number of fused-ring (bicyclic) bond motifs is 1. The molecule has 1 heterocycles. The zero-order valence-corrected chi connectivity index (χ0v) is 11.8. The molecule has 6 heteroatoms. The number of nitrogen functional groups attached to an aromatic ring is 1. The van der Waals surface area contributed by atoms with Gasteiger partial charge in [-0.1, -0.05) is 11.6 Å². The Kier molecular flexibility index (Phi) is 2.95. The highest BCUT2D eigenvalue weighted by Gasteiger charge is 2.13. The molecule has 0 bridgehead atoms. The Morgan fingerprint density at radius 2 is 2.05 bits per heavy atom. The first-order valence-electron chi connectivity index (χ1n) is 5.35. The lowest BCUT2D eigenvalue weighted by molar-refractivity contribution is 0.614. The molecule has 0 atom stereocenters. The van der Waals surface area contributed by atoms with Gasteiger partial charge in [-0.05, 0) is 40.2 Å². The minimum atomic E-state index is -0.451. The van der Waals surface area contributed by atoms with Crippen LogP contribution in [0.1, 0.15) is 0 Å². The molecule has 3 rings (SSSR count). The van der Waals surface area contributed by atoms with Crippen LogP contribution in [0.25, 0.3) is 22.6 Å². The fourth-order valence-electron chi connectivity index (χ4n) is 1.76. The number of halogens is 3. The Balaban J connectivity index is 2.20. The SMILES string of the molecule is Nc1cc(-c2nc3cc(F)cc(Cl)c3o2)ccc1Br. The van der Waals surface area contributed by atoms with Gasteiger partial charge in [0.05, 0.1) is 5.02 Å². The van der Waals surface area contributed by atoms with Gasteiger partial charge in [-0.3, -0.25) is 0 Å². The predicted molar refractivity (Wildman–Crippen MR) is 76.5 cm³/mol. The normalized spacial score (nSPS) is 11.1. The van der Waals surface area contributed by atoms with E-state index in [9.17, 15) is 4.39 Å². The highest BCUT2D eigenvalue weighted by Crippen LogP contribution is 2.32. The van der Waals surface area contributed by atoms with Crippen molar-refractivity contribution in [1.29, 1.82) is 0 Å². The summed E-state index contributed by atoms with van der Waals surface area (Å²) < 4.78 is 19.6. The Bertz CT molecular complexity index is 788. The summed E-state index contributed by atoms with van der Waals surface area (Å²) in [5, 5.41) is 0.193. The van der Waals surface area contributed by atoms with Gasteiger partial charge in [0, 0.05) is 21.8 Å². The minimum Gasteiger partial charge on any atom is -0.435 e. The lowest BCUT2D eigenvalue weighted by Crippen LogP contribution is -1.87. The molecule has 0 amide bonds. The first kappa shape index (κ1) is 12.4. The van der Waals surface area contributed by atoms with E-state index in [0.29, 0.717) is 28.2 Å². The van der Waals surface area contributed by atoms with Crippen LogP contribution in [0.3, 0.4) is 0 Å². The number of anilines is 1. The third-order valence-electron chi connectivity index (χ3n) is 2.65. The fraction of sp³-hybridized carbons (Fsp3) is 0. The third-order valence-corrected chi connectivity index (χ3v) is 3.66. The molecule has 3 aromatic rings. The van der Waals surface area contributed by atoms with E-state index in [2.05, 4.69) is 20.9 Å². The molecule has 0 aliphatic heterocycles. The molecule has 0 unspecified atom stereocenters. The quantitative estimate of drug-likeness (QED) is 0.656. The van der Waals surface area contributed by atoms with Crippen molar-refractivity contribution in [3.63, 3.8) is 0 Å². The van der Waals surface area contributed by atoms with Crippen molar-refractivity contribution < 1.29 is 8.81 Å². The summed E-state index contributed by atoms with van der Waals surface area (Å²) in [5.74, 6) is -0.102. The van der Waals surface area contributed by atoms with Crippen molar-refractivity contribution in [3.05, 3.63) is 45.6 Å². The summed E-state index contributed by atoms with van der Waals surface area (Å²) in [4.78, 5) is 4.21. The maximum atomic E-state index is 13.2. The minimum absolute atomic E-state index is 0.193. The molecule has 2 N–H and O–H groups in total. The van der Waals surface area contributed by atoms with E-state index in [1.165, 1.54) is 12.1 Å². The monoisotopic (exact) mass is 340 g/mol. The van der Waals surface area contributed by atoms with Gasteiger partial charge in [0.15, 0.2) is 5.58 Å². The van der Waals surface area contributed by atoms with Crippen molar-refractivity contribution in [1.82, 2.24) is 4.98 Å². The van der Waals surface area contributed by atoms with Gasteiger partial charge in [0.1, 0.15) is 11.3 Å². The van der Waals surface area contributed by atoms with Crippen LogP contribution in [0.15, 0.2) is 39.2 Å². The van der Waals surface area contributed by atoms with Crippen LogP contribution in [0.5, 0.6) is 0 Å². The van der Waals surface area contributed by atoms with Gasteiger partial charge in [0.2, 0.25) is 5.89 Å². The highest BCUT2D eigenvalue weighted by atomic mass is 79.9. The molecular weight excluding hydrogens is 335 g/mol. The van der Waals surface area contributed by atoms with Crippen LogP contribution in [0, 0.1) is 5.82 Å². The molecule has 0 radical (unpaired) electrons. The number of nitrogens with two attached hydrogens (primary N) is 1. The Morgan fingerprint density at radius 1 is 1.26 bits per heavy atom. The van der Waals surface area contributed by atoms with Crippen LogP contribution in [0.2, 0.25) is 5.02 Å². The average molecular weight is 342 g/mol. The second kappa shape index (κ2) is 4.51. The zero-order valence-electron chi connectivity index (χ0n) is 9.45. The summed E-state index contributed by atoms with van der Waals surface area (Å²) in [7, 11) is 0. The van der Waals surface area contributed by atoms with Crippen molar-refractivity contribution in [2.24, 2.45) is 0 Å². The lowest BCUT2D eigenvalue weighted by Gasteiger charge is -1.99. The van der Waals surface area contributed by atoms with Crippen molar-refractivity contribution >= 4 is 44.3 Å². The number of rotatable bonds is 1. The van der Waals surface area contributed by atoms with E-state index in [1.54, 1.807) is 18.2 Å². The molecule has 1 aromatic heterocycles. The Morgan fingerprint density at radius 3 is 2.79 bits per heavy atom. The van der Waals surface area contributed by atoms with E-state index in [1.807, 2.05) is 0 Å². The Hall–Kier alpha value is -1.59. The zero-order chi connectivity index (χ0) is 13.6. The highest BCUT2D eigenvalue weighted by molar-refractivity contribution is 9.10. The van der Waals surface area contributed by atoms with Gasteiger partial charge in [0.25, 0.3) is 0 Å². The molecule has 0 spiro atoms. The summed E-state index contributed by atoms with van der Waals surface area (Å²) in [6.45, 7) is 0. The predicted octanol–water partition coefficient (Wildman–Crippen LogP) is 4.63. The summed E-state index contributed by atoms with van der Waals surface area (Å²) in [6, 6.07) is 7.78. The molecule has 0 saturated carbocycles. The molecule has 3 nitrogen and oxygen atoms in total. The van der Waals surface area contributed by atoms with Crippen LogP contribution < -0.4 is 5.73 Å². The first-order chi connectivity index (χ1) is 9.04. The molecule has 0 aliphatic carbocycles. The topological polar surface area (TPSA) is 52.0 Å². The van der Waals surface area contributed by atoms with Crippen molar-refractivity contribution in [3.8, 4) is 11.5 Å². The molecule has 0 fully saturated rings. The molecular formula is C13H7BrClFN2O. The second-order valence-corrected chi connectivity index (χ2v) is 5.25. The smallest absolute Gasteiger partial charge is 0.227 e. The standard InChI is InChI=1S/C13H7BrClFN2O/c14-8-2-1-6(3-10(8)17)13-18-11-5-7(16)4-9(15)12(11)19-13/h1-5H,17H2. The number of hydrogen-bond acceptors (Lipinski definition) is 3. The number of oxazole rings is 1. The Labute approximate surface area is 121 Å². The number of nitrogens with zero attached hydrogens (tertiary/aromatic N) is 1. The lowest BCUT2D eigenvalue weighted by atomic mass is 10.2. The van der Waals surface area contributed by atoms with E-state index < -0.39 is 5.82 Å². The van der Waals surface area contributed by atoms with Crippen LogP contribution in [-0.2, 0) is 0 Å². The molecule has 19 heavy (non-hydrogen) atoms. The molecule has 0 saturated heterocycles. The van der Waals surface area contributed by atoms with E-state index in [4.69, 9.17) is 21.8 Å². The van der Waals surface area contributed by atoms with E-state index in [-0.39, 0.29) is 5.02 Å². The van der Waals surface area contributed by atoms with Gasteiger partial charge < -0.3 is 10.2 Å². The van der Waals surface area contributed by atoms with Crippen LogP contribution >= 0.6 is 27.5 Å². The number of hydrogen-bond donors (Lipinski definition) is 1. The van der Waals surface area contributed by atoms with Crippen LogP contribution in [-0.4, -0.2) is 4.98 Å². The first-order valence-corrected chi connectivity index (χ1v) is 6.52.